The van der Waals surface area contributed by atoms with Crippen molar-refractivity contribution in [2.75, 3.05) is 19.0 Å². The molecule has 0 radical (unpaired) electrons. The third-order valence-corrected chi connectivity index (χ3v) is 8.44. The average molecular weight is 658 g/mol. The third-order valence-electron chi connectivity index (χ3n) is 6.60. The van der Waals surface area contributed by atoms with Gasteiger partial charge in [0, 0.05) is 32.1 Å². The first-order valence-electron chi connectivity index (χ1n) is 13.1. The summed E-state index contributed by atoms with van der Waals surface area (Å²) in [5, 5.41) is 10.2. The van der Waals surface area contributed by atoms with Crippen LogP contribution in [0, 0.1) is 0 Å². The van der Waals surface area contributed by atoms with Crippen molar-refractivity contribution >= 4 is 58.5 Å². The Morgan fingerprint density at radius 3 is 2.63 bits per heavy atom. The normalized spacial score (nSPS) is 14.1. The number of halogens is 3. The number of ether oxygens (including phenoxy) is 3. The Labute approximate surface area is 268 Å². The molecule has 5 rings (SSSR count). The number of thioether (sulfide) groups is 1. The number of hydrogen-bond acceptors (Lipinski definition) is 8. The first-order valence-corrected chi connectivity index (χ1v) is 15.2. The van der Waals surface area contributed by atoms with E-state index in [-0.39, 0.29) is 13.2 Å². The monoisotopic (exact) mass is 656 g/mol. The van der Waals surface area contributed by atoms with Crippen LogP contribution in [0.3, 0.4) is 0 Å². The lowest BCUT2D eigenvalue weighted by molar-refractivity contribution is -0.138. The van der Waals surface area contributed by atoms with Crippen LogP contribution in [0.4, 0.5) is 5.95 Å². The smallest absolute Gasteiger partial charge is 0.338 e. The summed E-state index contributed by atoms with van der Waals surface area (Å²) in [7, 11) is 1.55. The van der Waals surface area contributed by atoms with Gasteiger partial charge in [0.25, 0.3) is 0 Å². The Hall–Kier alpha value is -3.63. The zero-order chi connectivity index (χ0) is 30.5. The van der Waals surface area contributed by atoms with Gasteiger partial charge < -0.3 is 19.5 Å². The van der Waals surface area contributed by atoms with E-state index in [0.29, 0.717) is 60.3 Å². The number of anilines is 1. The molecule has 12 heteroatoms. The van der Waals surface area contributed by atoms with Gasteiger partial charge in [0.1, 0.15) is 19.3 Å². The van der Waals surface area contributed by atoms with Crippen molar-refractivity contribution in [3.05, 3.63) is 116 Å². The van der Waals surface area contributed by atoms with Crippen LogP contribution in [0.25, 0.3) is 0 Å². The van der Waals surface area contributed by atoms with Gasteiger partial charge in [-0.1, -0.05) is 89.6 Å². The number of hydrogen-bond donors (Lipinski definition) is 1. The number of carbonyl (C=O) groups is 1. The molecule has 0 spiro atoms. The quantitative estimate of drug-likeness (QED) is 0.0983. The van der Waals surface area contributed by atoms with E-state index in [2.05, 4.69) is 11.9 Å². The van der Waals surface area contributed by atoms with Crippen molar-refractivity contribution < 1.29 is 19.0 Å². The van der Waals surface area contributed by atoms with Crippen LogP contribution < -0.4 is 14.8 Å². The van der Waals surface area contributed by atoms with E-state index in [1.165, 1.54) is 17.8 Å². The molecule has 1 N–H and O–H groups in total. The summed E-state index contributed by atoms with van der Waals surface area (Å²) in [4.78, 5) is 18.0. The van der Waals surface area contributed by atoms with Crippen molar-refractivity contribution in [2.24, 2.45) is 0 Å². The average Bonchev–Trinajstić information content (AvgIpc) is 3.40. The predicted molar refractivity (Wildman–Crippen MR) is 170 cm³/mol. The van der Waals surface area contributed by atoms with Crippen molar-refractivity contribution in [1.29, 1.82) is 0 Å². The highest BCUT2D eigenvalue weighted by atomic mass is 35.5. The number of aromatic nitrogens is 3. The van der Waals surface area contributed by atoms with Gasteiger partial charge in [-0.2, -0.15) is 4.98 Å². The molecule has 8 nitrogen and oxygen atoms in total. The summed E-state index contributed by atoms with van der Waals surface area (Å²) in [6.07, 6.45) is 1.52. The van der Waals surface area contributed by atoms with E-state index in [1.807, 2.05) is 42.5 Å². The number of nitrogens with one attached hydrogen (secondary N) is 1. The number of carbonyl (C=O) groups excluding carboxylic acids is 1. The number of benzene rings is 3. The Balaban J connectivity index is 1.48. The second-order valence-corrected chi connectivity index (χ2v) is 11.6. The lowest BCUT2D eigenvalue weighted by atomic mass is 9.95. The zero-order valence-electron chi connectivity index (χ0n) is 23.3. The fourth-order valence-electron chi connectivity index (χ4n) is 4.50. The molecule has 0 saturated heterocycles. The lowest BCUT2D eigenvalue weighted by Crippen LogP contribution is -2.29. The second kappa shape index (κ2) is 13.8. The van der Waals surface area contributed by atoms with Crippen LogP contribution in [0.15, 0.2) is 89.7 Å². The molecule has 222 valence electrons. The molecule has 1 atom stereocenters. The van der Waals surface area contributed by atoms with Gasteiger partial charge in [0.2, 0.25) is 11.1 Å². The van der Waals surface area contributed by atoms with E-state index in [9.17, 15) is 4.79 Å². The van der Waals surface area contributed by atoms with Gasteiger partial charge in [0.15, 0.2) is 11.5 Å². The van der Waals surface area contributed by atoms with Crippen LogP contribution >= 0.6 is 46.6 Å². The van der Waals surface area contributed by atoms with Gasteiger partial charge >= 0.3 is 5.97 Å². The minimum atomic E-state index is -0.663. The van der Waals surface area contributed by atoms with Crippen LogP contribution in [0.2, 0.25) is 15.1 Å². The Bertz CT molecular complexity index is 1710. The largest absolute Gasteiger partial charge is 0.493 e. The summed E-state index contributed by atoms with van der Waals surface area (Å²) in [5.74, 6) is 1.52. The Morgan fingerprint density at radius 2 is 1.88 bits per heavy atom. The van der Waals surface area contributed by atoms with E-state index < -0.39 is 12.0 Å². The fraction of sp³-hybridized carbons (Fsp3) is 0.194. The minimum absolute atomic E-state index is 0.0643. The molecule has 1 aliphatic heterocycles. The van der Waals surface area contributed by atoms with Crippen molar-refractivity contribution in [1.82, 2.24) is 14.8 Å². The van der Waals surface area contributed by atoms with Gasteiger partial charge in [-0.3, -0.25) is 0 Å². The lowest BCUT2D eigenvalue weighted by Gasteiger charge is -2.28. The predicted octanol–water partition coefficient (Wildman–Crippen LogP) is 8.14. The topological polar surface area (TPSA) is 87.5 Å². The van der Waals surface area contributed by atoms with Crippen LogP contribution in [-0.4, -0.2) is 34.5 Å². The summed E-state index contributed by atoms with van der Waals surface area (Å²) < 4.78 is 18.9. The molecule has 1 aliphatic rings. The number of rotatable bonds is 11. The summed E-state index contributed by atoms with van der Waals surface area (Å²) in [6.45, 7) is 5.72. The van der Waals surface area contributed by atoms with Crippen LogP contribution in [0.1, 0.15) is 29.7 Å². The van der Waals surface area contributed by atoms with Gasteiger partial charge in [0.05, 0.1) is 12.7 Å². The van der Waals surface area contributed by atoms with Crippen molar-refractivity contribution in [2.45, 2.75) is 30.5 Å². The molecule has 0 amide bonds. The highest BCUT2D eigenvalue weighted by Gasteiger charge is 2.36. The maximum absolute atomic E-state index is 13.3. The van der Waals surface area contributed by atoms with Gasteiger partial charge in [-0.25, -0.2) is 9.48 Å². The highest BCUT2D eigenvalue weighted by molar-refractivity contribution is 7.98. The maximum atomic E-state index is 13.3. The molecule has 0 fully saturated rings. The van der Waals surface area contributed by atoms with Gasteiger partial charge in [-0.05, 0) is 48.4 Å². The maximum Gasteiger partial charge on any atom is 0.338 e. The molecule has 3 aromatic carbocycles. The van der Waals surface area contributed by atoms with E-state index in [1.54, 1.807) is 36.9 Å². The molecule has 1 aromatic heterocycles. The molecule has 0 bridgehead atoms. The van der Waals surface area contributed by atoms with Crippen LogP contribution in [0.5, 0.6) is 11.5 Å². The summed E-state index contributed by atoms with van der Waals surface area (Å²) in [6, 6.07) is 17.6. The molecule has 0 saturated carbocycles. The first kappa shape index (κ1) is 30.8. The molecular formula is C31H27Cl3N4O4S. The van der Waals surface area contributed by atoms with Crippen molar-refractivity contribution in [3.8, 4) is 11.5 Å². The number of allylic oxidation sites excluding steroid dienone is 1. The van der Waals surface area contributed by atoms with E-state index >= 15 is 0 Å². The third kappa shape index (κ3) is 6.96. The number of nitrogens with zero attached hydrogens (tertiary/aromatic N) is 3. The fourth-order valence-corrected chi connectivity index (χ4v) is 6.08. The highest BCUT2D eigenvalue weighted by Crippen LogP contribution is 2.40. The Morgan fingerprint density at radius 1 is 1.07 bits per heavy atom. The number of esters is 1. The number of fused-ring (bicyclic) bond motifs is 1. The molecule has 4 aromatic rings. The van der Waals surface area contributed by atoms with Crippen LogP contribution in [-0.2, 0) is 21.9 Å². The van der Waals surface area contributed by atoms with E-state index in [0.717, 1.165) is 11.1 Å². The SMILES string of the molecule is C=CCOC(=O)C1=C(C)Nc2nc(SCc3ccccc3Cl)nn2C1c1ccc(OCc2ccc(Cl)cc2Cl)c(OC)c1. The number of methoxy groups -OCH3 is 1. The summed E-state index contributed by atoms with van der Waals surface area (Å²) in [5.41, 5.74) is 3.43. The summed E-state index contributed by atoms with van der Waals surface area (Å²) >= 11 is 20.1. The molecule has 43 heavy (non-hydrogen) atoms. The standard InChI is InChI=1S/C31H27Cl3N4O4S/c1-4-13-41-29(39)27-18(2)35-30-36-31(43-17-21-7-5-6-8-23(21)33)37-38(30)28(27)19-10-12-25(26(14-19)40-3)42-16-20-9-11-22(32)15-24(20)34/h4-12,14-15,28H,1,13,16-17H2,2-3H3,(H,35,36,37). The minimum Gasteiger partial charge on any atom is -0.493 e. The van der Waals surface area contributed by atoms with E-state index in [4.69, 9.17) is 59.1 Å². The van der Waals surface area contributed by atoms with Crippen molar-refractivity contribution in [3.63, 3.8) is 0 Å². The Kier molecular flexibility index (Phi) is 9.87. The molecule has 0 aliphatic carbocycles. The molecule has 1 unspecified atom stereocenters. The molecule has 2 heterocycles. The second-order valence-electron chi connectivity index (χ2n) is 9.43. The van der Waals surface area contributed by atoms with Gasteiger partial charge in [-0.15, -0.1) is 5.10 Å². The first-order chi connectivity index (χ1) is 20.8. The molecular weight excluding hydrogens is 631 g/mol. The zero-order valence-corrected chi connectivity index (χ0v) is 26.4.